The Morgan fingerprint density at radius 1 is 0.966 bits per heavy atom. The van der Waals surface area contributed by atoms with Gasteiger partial charge in [-0.05, 0) is 47.9 Å². The smallest absolute Gasteiger partial charge is 0.287 e. The molecule has 0 radical (unpaired) electrons. The zero-order valence-electron chi connectivity index (χ0n) is 16.4. The summed E-state index contributed by atoms with van der Waals surface area (Å²) in [5.74, 6) is 0.857. The SMILES string of the molecule is CC(C)C(NC(=O)c1ccco1)C(=O)NCc1cccc(Oc2ccccc2)c1. The van der Waals surface area contributed by atoms with Crippen LogP contribution in [0.4, 0.5) is 0 Å². The number of benzene rings is 2. The molecule has 150 valence electrons. The van der Waals surface area contributed by atoms with Crippen molar-refractivity contribution in [2.45, 2.75) is 26.4 Å². The topological polar surface area (TPSA) is 80.6 Å². The number of furan rings is 1. The highest BCUT2D eigenvalue weighted by Crippen LogP contribution is 2.21. The summed E-state index contributed by atoms with van der Waals surface area (Å²) in [5, 5.41) is 5.61. The molecule has 0 aliphatic heterocycles. The van der Waals surface area contributed by atoms with E-state index in [0.29, 0.717) is 12.3 Å². The molecule has 2 amide bonds. The maximum Gasteiger partial charge on any atom is 0.287 e. The van der Waals surface area contributed by atoms with E-state index in [-0.39, 0.29) is 17.6 Å². The Bertz CT molecular complexity index is 937. The van der Waals surface area contributed by atoms with E-state index in [9.17, 15) is 9.59 Å². The number of hydrogen-bond donors (Lipinski definition) is 2. The minimum absolute atomic E-state index is 0.0818. The molecule has 0 aliphatic rings. The molecule has 0 fully saturated rings. The highest BCUT2D eigenvalue weighted by atomic mass is 16.5. The lowest BCUT2D eigenvalue weighted by Gasteiger charge is -2.21. The Kier molecular flexibility index (Phi) is 6.68. The molecular weight excluding hydrogens is 368 g/mol. The summed E-state index contributed by atoms with van der Waals surface area (Å²) in [4.78, 5) is 24.9. The van der Waals surface area contributed by atoms with Crippen LogP contribution < -0.4 is 15.4 Å². The molecule has 3 aromatic rings. The minimum Gasteiger partial charge on any atom is -0.459 e. The average Bonchev–Trinajstić information content (AvgIpc) is 3.26. The lowest BCUT2D eigenvalue weighted by Crippen LogP contribution is -2.49. The first kappa shape index (κ1) is 20.2. The third-order valence-electron chi connectivity index (χ3n) is 4.32. The van der Waals surface area contributed by atoms with Crippen LogP contribution in [0.3, 0.4) is 0 Å². The van der Waals surface area contributed by atoms with Crippen molar-refractivity contribution in [2.24, 2.45) is 5.92 Å². The fraction of sp³-hybridized carbons (Fsp3) is 0.217. The number of nitrogens with one attached hydrogen (secondary N) is 2. The molecule has 0 saturated carbocycles. The number of ether oxygens (including phenoxy) is 1. The first-order valence-corrected chi connectivity index (χ1v) is 9.47. The monoisotopic (exact) mass is 392 g/mol. The number of amides is 2. The summed E-state index contributed by atoms with van der Waals surface area (Å²) in [6.07, 6.45) is 1.42. The second kappa shape index (κ2) is 9.59. The summed E-state index contributed by atoms with van der Waals surface area (Å²) in [6.45, 7) is 4.08. The molecule has 1 aromatic heterocycles. The van der Waals surface area contributed by atoms with Crippen molar-refractivity contribution in [1.29, 1.82) is 0 Å². The van der Waals surface area contributed by atoms with Gasteiger partial charge in [0.25, 0.3) is 5.91 Å². The van der Waals surface area contributed by atoms with E-state index in [4.69, 9.17) is 9.15 Å². The number of rotatable bonds is 8. The van der Waals surface area contributed by atoms with Crippen LogP contribution >= 0.6 is 0 Å². The number of carbonyl (C=O) groups is 2. The van der Waals surface area contributed by atoms with Gasteiger partial charge in [0.2, 0.25) is 5.91 Å². The lowest BCUT2D eigenvalue weighted by atomic mass is 10.0. The summed E-state index contributed by atoms with van der Waals surface area (Å²) in [5.41, 5.74) is 0.895. The van der Waals surface area contributed by atoms with E-state index < -0.39 is 11.9 Å². The van der Waals surface area contributed by atoms with Crippen molar-refractivity contribution in [3.8, 4) is 11.5 Å². The molecule has 0 spiro atoms. The predicted molar refractivity (Wildman–Crippen MR) is 110 cm³/mol. The molecule has 29 heavy (non-hydrogen) atoms. The molecule has 0 bridgehead atoms. The van der Waals surface area contributed by atoms with E-state index in [1.165, 1.54) is 6.26 Å². The largest absolute Gasteiger partial charge is 0.459 e. The fourth-order valence-electron chi connectivity index (χ4n) is 2.80. The van der Waals surface area contributed by atoms with Gasteiger partial charge >= 0.3 is 0 Å². The van der Waals surface area contributed by atoms with Gasteiger partial charge in [0.1, 0.15) is 17.5 Å². The van der Waals surface area contributed by atoms with Crippen molar-refractivity contribution >= 4 is 11.8 Å². The van der Waals surface area contributed by atoms with E-state index >= 15 is 0 Å². The van der Waals surface area contributed by atoms with Gasteiger partial charge in [-0.3, -0.25) is 9.59 Å². The zero-order valence-corrected chi connectivity index (χ0v) is 16.4. The van der Waals surface area contributed by atoms with Crippen molar-refractivity contribution in [3.05, 3.63) is 84.3 Å². The number of carbonyl (C=O) groups excluding carboxylic acids is 2. The summed E-state index contributed by atoms with van der Waals surface area (Å²) in [6, 6.07) is 19.5. The molecule has 0 saturated heterocycles. The van der Waals surface area contributed by atoms with Gasteiger partial charge in [-0.25, -0.2) is 0 Å². The minimum atomic E-state index is -0.670. The Morgan fingerprint density at radius 2 is 1.72 bits per heavy atom. The molecule has 6 heteroatoms. The van der Waals surface area contributed by atoms with Crippen LogP contribution in [-0.2, 0) is 11.3 Å². The first-order valence-electron chi connectivity index (χ1n) is 9.47. The summed E-state index contributed by atoms with van der Waals surface area (Å²) >= 11 is 0. The standard InChI is InChI=1S/C23H24N2O4/c1-16(2)21(25-22(26)20-12-7-13-28-20)23(27)24-15-17-8-6-11-19(14-17)29-18-9-4-3-5-10-18/h3-14,16,21H,15H2,1-2H3,(H,24,27)(H,25,26). The van der Waals surface area contributed by atoms with Gasteiger partial charge in [0, 0.05) is 6.54 Å². The van der Waals surface area contributed by atoms with E-state index in [1.807, 2.05) is 68.4 Å². The van der Waals surface area contributed by atoms with Crippen LogP contribution in [0.2, 0.25) is 0 Å². The van der Waals surface area contributed by atoms with Gasteiger partial charge in [0.15, 0.2) is 5.76 Å². The molecule has 1 heterocycles. The Labute approximate surface area is 169 Å². The van der Waals surface area contributed by atoms with Crippen molar-refractivity contribution in [1.82, 2.24) is 10.6 Å². The van der Waals surface area contributed by atoms with E-state index in [1.54, 1.807) is 12.1 Å². The quantitative estimate of drug-likeness (QED) is 0.604. The van der Waals surface area contributed by atoms with Gasteiger partial charge in [-0.15, -0.1) is 0 Å². The van der Waals surface area contributed by atoms with Crippen LogP contribution in [0, 0.1) is 5.92 Å². The Balaban J connectivity index is 1.59. The van der Waals surface area contributed by atoms with Crippen LogP contribution in [0.25, 0.3) is 0 Å². The fourth-order valence-corrected chi connectivity index (χ4v) is 2.80. The van der Waals surface area contributed by atoms with Crippen molar-refractivity contribution in [2.75, 3.05) is 0 Å². The maximum absolute atomic E-state index is 12.7. The third kappa shape index (κ3) is 5.72. The predicted octanol–water partition coefficient (Wildman–Crippen LogP) is 4.14. The highest BCUT2D eigenvalue weighted by Gasteiger charge is 2.25. The molecule has 2 aromatic carbocycles. The zero-order chi connectivity index (χ0) is 20.6. The highest BCUT2D eigenvalue weighted by molar-refractivity contribution is 5.95. The van der Waals surface area contributed by atoms with Crippen LogP contribution in [0.15, 0.2) is 77.4 Å². The van der Waals surface area contributed by atoms with Crippen LogP contribution in [0.5, 0.6) is 11.5 Å². The summed E-state index contributed by atoms with van der Waals surface area (Å²) < 4.78 is 10.9. The lowest BCUT2D eigenvalue weighted by molar-refractivity contribution is -0.124. The van der Waals surface area contributed by atoms with Gasteiger partial charge in [0.05, 0.1) is 6.26 Å². The molecule has 1 unspecified atom stereocenters. The number of hydrogen-bond acceptors (Lipinski definition) is 4. The molecule has 3 rings (SSSR count). The second-order valence-corrected chi connectivity index (χ2v) is 6.95. The molecular formula is C23H24N2O4. The molecule has 0 aliphatic carbocycles. The van der Waals surface area contributed by atoms with Gasteiger partial charge in [-0.1, -0.05) is 44.2 Å². The average molecular weight is 392 g/mol. The van der Waals surface area contributed by atoms with Gasteiger partial charge < -0.3 is 19.8 Å². The number of para-hydroxylation sites is 1. The van der Waals surface area contributed by atoms with Crippen molar-refractivity contribution in [3.63, 3.8) is 0 Å². The van der Waals surface area contributed by atoms with Gasteiger partial charge in [-0.2, -0.15) is 0 Å². The van der Waals surface area contributed by atoms with Crippen LogP contribution in [0.1, 0.15) is 30.0 Å². The van der Waals surface area contributed by atoms with Crippen LogP contribution in [-0.4, -0.2) is 17.9 Å². The van der Waals surface area contributed by atoms with Crippen molar-refractivity contribution < 1.29 is 18.7 Å². The first-order chi connectivity index (χ1) is 14.0. The Hall–Kier alpha value is -3.54. The van der Waals surface area contributed by atoms with E-state index in [2.05, 4.69) is 10.6 Å². The third-order valence-corrected chi connectivity index (χ3v) is 4.32. The second-order valence-electron chi connectivity index (χ2n) is 6.95. The molecule has 1 atom stereocenters. The maximum atomic E-state index is 12.7. The molecule has 2 N–H and O–H groups in total. The summed E-state index contributed by atoms with van der Waals surface area (Å²) in [7, 11) is 0. The molecule has 6 nitrogen and oxygen atoms in total. The Morgan fingerprint density at radius 3 is 2.41 bits per heavy atom. The normalized spacial score (nSPS) is 11.7. The van der Waals surface area contributed by atoms with E-state index in [0.717, 1.165) is 11.3 Å².